The SMILES string of the molecule is CC1COC(=O)N1c1cc(NC(=O)OC(C)(C)C)c2cnc(NC(=O)[C@@H]3C[C@@H]3F)cc2c1. The van der Waals surface area contributed by atoms with Gasteiger partial charge in [-0.05, 0) is 57.7 Å². The molecular weight excluding hydrogens is 419 g/mol. The lowest BCUT2D eigenvalue weighted by Gasteiger charge is -2.22. The van der Waals surface area contributed by atoms with Crippen LogP contribution in [0.1, 0.15) is 34.1 Å². The van der Waals surface area contributed by atoms with E-state index in [9.17, 15) is 18.8 Å². The van der Waals surface area contributed by atoms with Crippen LogP contribution in [0.3, 0.4) is 0 Å². The summed E-state index contributed by atoms with van der Waals surface area (Å²) >= 11 is 0. The second kappa shape index (κ2) is 7.92. The lowest BCUT2D eigenvalue weighted by molar-refractivity contribution is -0.117. The van der Waals surface area contributed by atoms with E-state index in [1.165, 1.54) is 11.1 Å². The van der Waals surface area contributed by atoms with Crippen molar-refractivity contribution in [3.8, 4) is 0 Å². The zero-order valence-corrected chi connectivity index (χ0v) is 18.3. The number of carbonyl (C=O) groups excluding carboxylic acids is 3. The molecule has 10 heteroatoms. The Bertz CT molecular complexity index is 1100. The predicted molar refractivity (Wildman–Crippen MR) is 117 cm³/mol. The molecule has 2 aliphatic rings. The molecule has 1 saturated carbocycles. The maximum atomic E-state index is 13.2. The van der Waals surface area contributed by atoms with Gasteiger partial charge in [0.25, 0.3) is 0 Å². The second-order valence-corrected chi connectivity index (χ2v) is 9.05. The van der Waals surface area contributed by atoms with Crippen molar-refractivity contribution < 1.29 is 28.2 Å². The highest BCUT2D eigenvalue weighted by molar-refractivity contribution is 6.05. The number of halogens is 1. The van der Waals surface area contributed by atoms with E-state index in [4.69, 9.17) is 9.47 Å². The number of nitrogens with one attached hydrogen (secondary N) is 2. The molecule has 1 aliphatic heterocycles. The van der Waals surface area contributed by atoms with Gasteiger partial charge in [-0.3, -0.25) is 15.0 Å². The van der Waals surface area contributed by atoms with E-state index in [0.29, 0.717) is 22.1 Å². The molecule has 0 radical (unpaired) electrons. The van der Waals surface area contributed by atoms with Gasteiger partial charge in [0.1, 0.15) is 24.2 Å². The number of benzene rings is 1. The fourth-order valence-electron chi connectivity index (χ4n) is 3.50. The Hall–Kier alpha value is -3.43. The van der Waals surface area contributed by atoms with Crippen molar-refractivity contribution in [3.05, 3.63) is 24.4 Å². The fourth-order valence-corrected chi connectivity index (χ4v) is 3.50. The Labute approximate surface area is 184 Å². The van der Waals surface area contributed by atoms with Gasteiger partial charge in [-0.25, -0.2) is 19.0 Å². The van der Waals surface area contributed by atoms with Gasteiger partial charge in [0.2, 0.25) is 5.91 Å². The van der Waals surface area contributed by atoms with Gasteiger partial charge >= 0.3 is 12.2 Å². The predicted octanol–water partition coefficient (Wildman–Crippen LogP) is 4.22. The molecule has 2 fully saturated rings. The molecule has 0 spiro atoms. The van der Waals surface area contributed by atoms with Gasteiger partial charge in [0.05, 0.1) is 23.3 Å². The number of hydrogen-bond acceptors (Lipinski definition) is 6. The van der Waals surface area contributed by atoms with Crippen molar-refractivity contribution in [3.63, 3.8) is 0 Å². The highest BCUT2D eigenvalue weighted by atomic mass is 19.1. The number of anilines is 3. The Morgan fingerprint density at radius 1 is 1.25 bits per heavy atom. The molecule has 170 valence electrons. The van der Waals surface area contributed by atoms with E-state index in [2.05, 4.69) is 15.6 Å². The molecule has 32 heavy (non-hydrogen) atoms. The first kappa shape index (κ1) is 21.8. The maximum absolute atomic E-state index is 13.2. The zero-order chi connectivity index (χ0) is 23.2. The van der Waals surface area contributed by atoms with Crippen molar-refractivity contribution in [2.24, 2.45) is 5.92 Å². The van der Waals surface area contributed by atoms with Crippen LogP contribution in [-0.4, -0.2) is 47.5 Å². The Morgan fingerprint density at radius 2 is 1.97 bits per heavy atom. The molecule has 3 atom stereocenters. The lowest BCUT2D eigenvalue weighted by Crippen LogP contribution is -2.31. The normalized spacial score (nSPS) is 22.5. The summed E-state index contributed by atoms with van der Waals surface area (Å²) in [7, 11) is 0. The molecule has 2 heterocycles. The van der Waals surface area contributed by atoms with Gasteiger partial charge in [-0.15, -0.1) is 0 Å². The third-order valence-electron chi connectivity index (χ3n) is 5.12. The minimum absolute atomic E-state index is 0.202. The van der Waals surface area contributed by atoms with E-state index in [0.717, 1.165) is 0 Å². The van der Waals surface area contributed by atoms with Crippen LogP contribution in [-0.2, 0) is 14.3 Å². The summed E-state index contributed by atoms with van der Waals surface area (Å²) in [6.07, 6.45) is -0.567. The average Bonchev–Trinajstić information content (AvgIpc) is 3.32. The minimum Gasteiger partial charge on any atom is -0.447 e. The number of ether oxygens (including phenoxy) is 2. The van der Waals surface area contributed by atoms with Crippen molar-refractivity contribution >= 4 is 46.1 Å². The molecular formula is C22H25FN4O5. The highest BCUT2D eigenvalue weighted by Crippen LogP contribution is 2.36. The summed E-state index contributed by atoms with van der Waals surface area (Å²) in [5.74, 6) is -0.827. The molecule has 9 nitrogen and oxygen atoms in total. The number of nitrogens with zero attached hydrogens (tertiary/aromatic N) is 2. The van der Waals surface area contributed by atoms with E-state index in [1.807, 2.05) is 6.92 Å². The van der Waals surface area contributed by atoms with Crippen LogP contribution in [0.15, 0.2) is 24.4 Å². The van der Waals surface area contributed by atoms with E-state index in [-0.39, 0.29) is 24.9 Å². The van der Waals surface area contributed by atoms with Gasteiger partial charge in [0.15, 0.2) is 0 Å². The van der Waals surface area contributed by atoms with Crippen LogP contribution in [0.4, 0.5) is 31.2 Å². The first-order valence-corrected chi connectivity index (χ1v) is 10.4. The molecule has 1 saturated heterocycles. The first-order valence-electron chi connectivity index (χ1n) is 10.4. The molecule has 4 rings (SSSR count). The van der Waals surface area contributed by atoms with Crippen LogP contribution in [0.2, 0.25) is 0 Å². The van der Waals surface area contributed by atoms with E-state index < -0.39 is 35.8 Å². The topological polar surface area (TPSA) is 110 Å². The molecule has 1 aliphatic carbocycles. The number of rotatable bonds is 4. The molecule has 1 aromatic carbocycles. The molecule has 1 unspecified atom stereocenters. The smallest absolute Gasteiger partial charge is 0.414 e. The second-order valence-electron chi connectivity index (χ2n) is 9.05. The first-order chi connectivity index (χ1) is 15.0. The van der Waals surface area contributed by atoms with E-state index in [1.54, 1.807) is 39.0 Å². The summed E-state index contributed by atoms with van der Waals surface area (Å²) in [4.78, 5) is 42.5. The maximum Gasteiger partial charge on any atom is 0.414 e. The fraction of sp³-hybridized carbons (Fsp3) is 0.455. The van der Waals surface area contributed by atoms with Gasteiger partial charge in [-0.1, -0.05) is 0 Å². The number of amides is 3. The Kier molecular flexibility index (Phi) is 5.39. The van der Waals surface area contributed by atoms with Crippen molar-refractivity contribution in [1.29, 1.82) is 0 Å². The largest absolute Gasteiger partial charge is 0.447 e. The third kappa shape index (κ3) is 4.58. The van der Waals surface area contributed by atoms with Crippen LogP contribution >= 0.6 is 0 Å². The Morgan fingerprint density at radius 3 is 2.56 bits per heavy atom. The summed E-state index contributed by atoms with van der Waals surface area (Å²) < 4.78 is 23.7. The average molecular weight is 444 g/mol. The van der Waals surface area contributed by atoms with E-state index >= 15 is 0 Å². The zero-order valence-electron chi connectivity index (χ0n) is 18.3. The summed E-state index contributed by atoms with van der Waals surface area (Å²) in [5.41, 5.74) is 0.195. The van der Waals surface area contributed by atoms with Gasteiger partial charge < -0.3 is 14.8 Å². The summed E-state index contributed by atoms with van der Waals surface area (Å²) in [5, 5.41) is 6.52. The van der Waals surface area contributed by atoms with Crippen LogP contribution < -0.4 is 15.5 Å². The summed E-state index contributed by atoms with van der Waals surface area (Å²) in [6.45, 7) is 7.34. The number of hydrogen-bond donors (Lipinski definition) is 2. The molecule has 3 amide bonds. The number of alkyl halides is 1. The standard InChI is InChI=1S/C22H25FN4O5/c1-11-10-31-21(30)27(11)13-5-12-6-18(26-19(28)14-8-16(14)23)24-9-15(12)17(7-13)25-20(29)32-22(2,3)4/h5-7,9,11,14,16H,8,10H2,1-4H3,(H,25,29)(H,24,26,28)/t11?,14-,16+/m1/s1. The molecule has 2 N–H and O–H groups in total. The van der Waals surface area contributed by atoms with Crippen LogP contribution in [0, 0.1) is 5.92 Å². The van der Waals surface area contributed by atoms with Crippen LogP contribution in [0.25, 0.3) is 10.8 Å². The van der Waals surface area contributed by atoms with Crippen LogP contribution in [0.5, 0.6) is 0 Å². The third-order valence-corrected chi connectivity index (χ3v) is 5.12. The van der Waals surface area contributed by atoms with Gasteiger partial charge in [-0.2, -0.15) is 0 Å². The minimum atomic E-state index is -1.12. The molecule has 1 aromatic heterocycles. The van der Waals surface area contributed by atoms with Crippen molar-refractivity contribution in [2.75, 3.05) is 22.1 Å². The molecule has 0 bridgehead atoms. The quantitative estimate of drug-likeness (QED) is 0.731. The monoisotopic (exact) mass is 444 g/mol. The van der Waals surface area contributed by atoms with Crippen molar-refractivity contribution in [2.45, 2.75) is 51.9 Å². The molecule has 2 aromatic rings. The summed E-state index contributed by atoms with van der Waals surface area (Å²) in [6, 6.07) is 4.79. The number of carbonyl (C=O) groups is 3. The number of cyclic esters (lactones) is 1. The Balaban J connectivity index is 1.71. The number of aromatic nitrogens is 1. The number of fused-ring (bicyclic) bond motifs is 1. The lowest BCUT2D eigenvalue weighted by atomic mass is 10.1. The highest BCUT2D eigenvalue weighted by Gasteiger charge is 2.43. The van der Waals surface area contributed by atoms with Gasteiger partial charge in [0, 0.05) is 11.6 Å². The van der Waals surface area contributed by atoms with Crippen molar-refractivity contribution in [1.82, 2.24) is 4.98 Å². The number of pyridine rings is 1.